The van der Waals surface area contributed by atoms with E-state index < -0.39 is 16.0 Å². The summed E-state index contributed by atoms with van der Waals surface area (Å²) < 4.78 is -1.84. The predicted octanol–water partition coefficient (Wildman–Crippen LogP) is 5.03. The number of benzene rings is 1. The van der Waals surface area contributed by atoms with Crippen LogP contribution in [0.25, 0.3) is 0 Å². The number of carbonyl (C=O) groups is 1. The fourth-order valence-corrected chi connectivity index (χ4v) is 2.70. The maximum absolute atomic E-state index is 12.2. The van der Waals surface area contributed by atoms with Gasteiger partial charge < -0.3 is 20.9 Å². The number of thiocarbonyl (C=S) groups is 1. The molecule has 1 rings (SSSR count). The third-order valence-electron chi connectivity index (χ3n) is 3.10. The molecule has 0 saturated carbocycles. The van der Waals surface area contributed by atoms with Crippen LogP contribution >= 0.6 is 70.2 Å². The van der Waals surface area contributed by atoms with Gasteiger partial charge in [0.05, 0.1) is 10.7 Å². The van der Waals surface area contributed by atoms with Gasteiger partial charge in [-0.3, -0.25) is 0 Å². The van der Waals surface area contributed by atoms with Gasteiger partial charge in [0.25, 0.3) is 0 Å². The van der Waals surface area contributed by atoms with E-state index in [0.717, 1.165) is 0 Å². The zero-order chi connectivity index (χ0) is 19.2. The topological polar surface area (TPSA) is 56.4 Å². The van der Waals surface area contributed by atoms with E-state index in [2.05, 4.69) is 16.0 Å². The molecule has 0 bridgehead atoms. The van der Waals surface area contributed by atoms with Crippen molar-refractivity contribution in [2.45, 2.75) is 23.8 Å². The van der Waals surface area contributed by atoms with E-state index in [1.54, 1.807) is 18.2 Å². The van der Waals surface area contributed by atoms with Gasteiger partial charge in [0.1, 0.15) is 0 Å². The monoisotopic (exact) mass is 464 g/mol. The highest BCUT2D eigenvalue weighted by Gasteiger charge is 2.35. The second-order valence-corrected chi connectivity index (χ2v) is 8.44. The first kappa shape index (κ1) is 22.7. The second-order valence-electron chi connectivity index (χ2n) is 4.82. The summed E-state index contributed by atoms with van der Waals surface area (Å²) in [5.74, 6) is 0. The van der Waals surface area contributed by atoms with Gasteiger partial charge >= 0.3 is 6.03 Å². The molecule has 1 aromatic rings. The molecule has 0 fully saturated rings. The van der Waals surface area contributed by atoms with Crippen molar-refractivity contribution >= 4 is 87.1 Å². The molecule has 0 radical (unpaired) electrons. The standard InChI is InChI=1S/C14H17Cl5N4OS/c1-3-23(4-2)13(24)22-11(14(17,18)19)21-12(25)20-10-7-8(15)5-6-9(10)16/h5-7,11H,3-4H2,1-2H3,(H,22,24)(H2,20,21,25)/t11-/m0/s1. The van der Waals surface area contributed by atoms with E-state index in [4.69, 9.17) is 70.2 Å². The number of nitrogens with zero attached hydrogens (tertiary/aromatic N) is 1. The molecular formula is C14H17Cl5N4OS. The zero-order valence-electron chi connectivity index (χ0n) is 13.4. The van der Waals surface area contributed by atoms with Crippen molar-refractivity contribution in [3.8, 4) is 0 Å². The summed E-state index contributed by atoms with van der Waals surface area (Å²) in [6.07, 6.45) is -1.07. The Bertz CT molecular complexity index is 622. The van der Waals surface area contributed by atoms with Crippen LogP contribution in [0.3, 0.4) is 0 Å². The van der Waals surface area contributed by atoms with Crippen LogP contribution < -0.4 is 16.0 Å². The van der Waals surface area contributed by atoms with Crippen molar-refractivity contribution < 1.29 is 4.79 Å². The van der Waals surface area contributed by atoms with Gasteiger partial charge in [-0.15, -0.1) is 0 Å². The molecule has 5 nitrogen and oxygen atoms in total. The first-order valence-corrected chi connectivity index (χ1v) is 9.53. The van der Waals surface area contributed by atoms with Crippen molar-refractivity contribution in [2.75, 3.05) is 18.4 Å². The molecule has 0 unspecified atom stereocenters. The number of carbonyl (C=O) groups excluding carboxylic acids is 1. The zero-order valence-corrected chi connectivity index (χ0v) is 18.0. The third kappa shape index (κ3) is 7.41. The van der Waals surface area contributed by atoms with Crippen molar-refractivity contribution in [1.29, 1.82) is 0 Å². The molecule has 2 amide bonds. The Labute approximate surface area is 177 Å². The summed E-state index contributed by atoms with van der Waals surface area (Å²) >= 11 is 35.0. The first-order valence-electron chi connectivity index (χ1n) is 7.23. The molecule has 0 heterocycles. The highest BCUT2D eigenvalue weighted by molar-refractivity contribution is 7.80. The Hall–Kier alpha value is -0.370. The number of urea groups is 1. The van der Waals surface area contributed by atoms with Crippen LogP contribution in [-0.2, 0) is 0 Å². The quantitative estimate of drug-likeness (QED) is 0.324. The lowest BCUT2D eigenvalue weighted by Gasteiger charge is -2.30. The van der Waals surface area contributed by atoms with Crippen molar-refractivity contribution in [1.82, 2.24) is 15.5 Å². The molecule has 0 aliphatic heterocycles. The smallest absolute Gasteiger partial charge is 0.319 e. The summed E-state index contributed by atoms with van der Waals surface area (Å²) in [6.45, 7) is 4.70. The van der Waals surface area contributed by atoms with Crippen molar-refractivity contribution in [2.24, 2.45) is 0 Å². The largest absolute Gasteiger partial charge is 0.339 e. The van der Waals surface area contributed by atoms with Crippen LogP contribution in [0.15, 0.2) is 18.2 Å². The fourth-order valence-electron chi connectivity index (χ4n) is 1.81. The minimum atomic E-state index is -1.84. The lowest BCUT2D eigenvalue weighted by atomic mass is 10.3. The number of alkyl halides is 3. The average Bonchev–Trinajstić information content (AvgIpc) is 2.50. The SMILES string of the molecule is CCN(CC)C(=O)N[C@H](NC(=S)Nc1cc(Cl)ccc1Cl)C(Cl)(Cl)Cl. The van der Waals surface area contributed by atoms with Gasteiger partial charge in [-0.05, 0) is 44.3 Å². The van der Waals surface area contributed by atoms with Gasteiger partial charge in [0.2, 0.25) is 3.79 Å². The number of anilines is 1. The van der Waals surface area contributed by atoms with Crippen LogP contribution in [0.1, 0.15) is 13.8 Å². The van der Waals surface area contributed by atoms with Gasteiger partial charge in [0.15, 0.2) is 11.3 Å². The van der Waals surface area contributed by atoms with E-state index in [-0.39, 0.29) is 5.11 Å². The lowest BCUT2D eigenvalue weighted by molar-refractivity contribution is 0.198. The lowest BCUT2D eigenvalue weighted by Crippen LogP contribution is -2.58. The van der Waals surface area contributed by atoms with E-state index in [1.165, 1.54) is 4.90 Å². The molecule has 0 aromatic heterocycles. The van der Waals surface area contributed by atoms with Crippen LogP contribution in [0.5, 0.6) is 0 Å². The molecule has 3 N–H and O–H groups in total. The Balaban J connectivity index is 2.83. The minimum Gasteiger partial charge on any atom is -0.339 e. The molecule has 1 atom stereocenters. The Morgan fingerprint density at radius 3 is 2.32 bits per heavy atom. The van der Waals surface area contributed by atoms with Crippen LogP contribution in [0.2, 0.25) is 10.0 Å². The maximum atomic E-state index is 12.2. The van der Waals surface area contributed by atoms with Crippen LogP contribution in [0, 0.1) is 0 Å². The normalized spacial score (nSPS) is 12.3. The van der Waals surface area contributed by atoms with E-state index in [0.29, 0.717) is 28.8 Å². The summed E-state index contributed by atoms with van der Waals surface area (Å²) in [5, 5.41) is 9.17. The Morgan fingerprint density at radius 1 is 1.20 bits per heavy atom. The molecule has 0 aliphatic rings. The van der Waals surface area contributed by atoms with Crippen molar-refractivity contribution in [3.63, 3.8) is 0 Å². The minimum absolute atomic E-state index is 0.0975. The number of halogens is 5. The fraction of sp³-hybridized carbons (Fsp3) is 0.429. The van der Waals surface area contributed by atoms with Gasteiger partial charge in [-0.25, -0.2) is 4.79 Å². The Morgan fingerprint density at radius 2 is 1.80 bits per heavy atom. The van der Waals surface area contributed by atoms with Gasteiger partial charge in [0, 0.05) is 18.1 Å². The highest BCUT2D eigenvalue weighted by atomic mass is 35.6. The Kier molecular flexibility index (Phi) is 9.15. The van der Waals surface area contributed by atoms with Gasteiger partial charge in [-0.2, -0.15) is 0 Å². The summed E-state index contributed by atoms with van der Waals surface area (Å²) in [5.41, 5.74) is 0.477. The molecule has 140 valence electrons. The van der Waals surface area contributed by atoms with Crippen molar-refractivity contribution in [3.05, 3.63) is 28.2 Å². The molecule has 0 saturated heterocycles. The average molecular weight is 467 g/mol. The van der Waals surface area contributed by atoms with Crippen LogP contribution in [-0.4, -0.2) is 39.1 Å². The molecular weight excluding hydrogens is 450 g/mol. The molecule has 0 spiro atoms. The second kappa shape index (κ2) is 10.1. The first-order chi connectivity index (χ1) is 11.6. The maximum Gasteiger partial charge on any atom is 0.319 e. The third-order valence-corrected chi connectivity index (χ3v) is 4.54. The van der Waals surface area contributed by atoms with Crippen LogP contribution in [0.4, 0.5) is 10.5 Å². The van der Waals surface area contributed by atoms with E-state index in [9.17, 15) is 4.79 Å². The number of amides is 2. The number of rotatable bonds is 5. The van der Waals surface area contributed by atoms with E-state index >= 15 is 0 Å². The summed E-state index contributed by atoms with van der Waals surface area (Å²) in [4.78, 5) is 13.7. The van der Waals surface area contributed by atoms with E-state index in [1.807, 2.05) is 13.8 Å². The summed E-state index contributed by atoms with van der Waals surface area (Å²) in [6, 6.07) is 4.46. The number of hydrogen-bond donors (Lipinski definition) is 3. The molecule has 0 aliphatic carbocycles. The number of nitrogens with one attached hydrogen (secondary N) is 3. The predicted molar refractivity (Wildman–Crippen MR) is 111 cm³/mol. The highest BCUT2D eigenvalue weighted by Crippen LogP contribution is 2.30. The molecule has 25 heavy (non-hydrogen) atoms. The number of hydrogen-bond acceptors (Lipinski definition) is 2. The summed E-state index contributed by atoms with van der Waals surface area (Å²) in [7, 11) is 0. The molecule has 1 aromatic carbocycles. The van der Waals surface area contributed by atoms with Gasteiger partial charge in [-0.1, -0.05) is 58.0 Å². The molecule has 11 heteroatoms.